The predicted octanol–water partition coefficient (Wildman–Crippen LogP) is 4.68. The smallest absolute Gasteiger partial charge is 0.409 e. The molecule has 4 N–H and O–H groups in total. The molecule has 6 rings (SSSR count). The van der Waals surface area contributed by atoms with E-state index in [1.165, 1.54) is 47.5 Å². The topological polar surface area (TPSA) is 228 Å². The van der Waals surface area contributed by atoms with Crippen LogP contribution in [0.15, 0.2) is 35.9 Å². The summed E-state index contributed by atoms with van der Waals surface area (Å²) in [5.74, 6) is -3.11. The fraction of sp³-hybridized carbons (Fsp3) is 0.638. The maximum atomic E-state index is 14.3. The highest BCUT2D eigenvalue weighted by atomic mass is 35.5. The molecule has 9 atom stereocenters. The molecule has 0 aromatic heterocycles. The molecular formula is C47H64ClN5O12S. The lowest BCUT2D eigenvalue weighted by atomic mass is 9.81. The minimum atomic E-state index is -1.66. The highest BCUT2D eigenvalue weighted by Gasteiger charge is 2.64. The van der Waals surface area contributed by atoms with Gasteiger partial charge >= 0.3 is 12.1 Å². The summed E-state index contributed by atoms with van der Waals surface area (Å²) in [5, 5.41) is 13.9. The van der Waals surface area contributed by atoms with Crippen LogP contribution in [0.2, 0.25) is 5.02 Å². The molecule has 1 aromatic rings. The molecule has 1 aliphatic carbocycles. The number of esters is 1. The van der Waals surface area contributed by atoms with Gasteiger partial charge in [0.1, 0.15) is 40.3 Å². The number of methoxy groups -OCH3 is 1. The van der Waals surface area contributed by atoms with Gasteiger partial charge in [-0.3, -0.25) is 34.2 Å². The highest BCUT2D eigenvalue weighted by molar-refractivity contribution is 8.00. The maximum Gasteiger partial charge on any atom is 0.409 e. The first kappa shape index (κ1) is 50.8. The Hall–Kier alpha value is -4.65. The number of hydrogen-bond donors (Lipinski definition) is 3. The van der Waals surface area contributed by atoms with Crippen LogP contribution in [-0.2, 0) is 49.4 Å². The van der Waals surface area contributed by atoms with Crippen LogP contribution in [-0.4, -0.2) is 131 Å². The van der Waals surface area contributed by atoms with Crippen molar-refractivity contribution in [2.75, 3.05) is 38.4 Å². The highest BCUT2D eigenvalue weighted by Crippen LogP contribution is 2.49. The second-order valence-corrected chi connectivity index (χ2v) is 20.5. The zero-order valence-electron chi connectivity index (χ0n) is 39.0. The lowest BCUT2D eigenvalue weighted by Gasteiger charge is -2.41. The van der Waals surface area contributed by atoms with Crippen LogP contribution in [0.25, 0.3) is 0 Å². The third-order valence-corrected chi connectivity index (χ3v) is 15.8. The SMILES string of the molecule is COc1cc2cc(c1Cl)N(C)C(=O)C[C@H](OC(=O)[C@H](C)N(C)C(=O)CCSC1CC(=O)N(CC3CCC(C(N)=O)CC3)C1=O)[C@]1(C)O[C@H]1[C@H](C)[C@@H]1C[C@@](O)(NC(=O)O1)[C@H](C)/C=C/C=C(\C)C2. The number of imide groups is 1. The normalized spacial score (nSPS) is 33.4. The molecule has 4 heterocycles. The number of epoxide rings is 1. The number of carbonyl (C=O) groups is 7. The number of likely N-dealkylation sites (N-methyl/N-ethyl adjacent to an activating group) is 1. The van der Waals surface area contributed by atoms with Gasteiger partial charge in [-0.1, -0.05) is 49.2 Å². The molecule has 66 heavy (non-hydrogen) atoms. The number of alkyl carbamates (subject to hydrolysis) is 1. The lowest BCUT2D eigenvalue weighted by molar-refractivity contribution is -0.162. The van der Waals surface area contributed by atoms with Crippen LogP contribution < -0.4 is 20.7 Å². The summed E-state index contributed by atoms with van der Waals surface area (Å²) in [7, 11) is 4.50. The van der Waals surface area contributed by atoms with Crippen LogP contribution in [0.1, 0.15) is 91.5 Å². The van der Waals surface area contributed by atoms with E-state index in [1.807, 2.05) is 19.1 Å². The van der Waals surface area contributed by atoms with E-state index in [4.69, 9.17) is 36.3 Å². The summed E-state index contributed by atoms with van der Waals surface area (Å²) in [6, 6.07) is 2.47. The van der Waals surface area contributed by atoms with Gasteiger partial charge in [0.15, 0.2) is 0 Å². The average Bonchev–Trinajstić information content (AvgIpc) is 3.90. The van der Waals surface area contributed by atoms with E-state index >= 15 is 0 Å². The fourth-order valence-corrected chi connectivity index (χ4v) is 10.9. The number of amides is 6. The fourth-order valence-electron chi connectivity index (χ4n) is 9.45. The third kappa shape index (κ3) is 11.2. The number of benzene rings is 1. The molecule has 5 aliphatic rings. The van der Waals surface area contributed by atoms with E-state index in [0.29, 0.717) is 50.1 Å². The first-order chi connectivity index (χ1) is 31.1. The number of aliphatic hydroxyl groups is 1. The molecule has 6 amide bonds. The first-order valence-electron chi connectivity index (χ1n) is 22.6. The largest absolute Gasteiger partial charge is 0.495 e. The molecule has 4 fully saturated rings. The Kier molecular flexibility index (Phi) is 15.9. The van der Waals surface area contributed by atoms with Crippen molar-refractivity contribution in [3.05, 3.63) is 46.5 Å². The summed E-state index contributed by atoms with van der Waals surface area (Å²) >= 11 is 8.02. The molecular weight excluding hydrogens is 894 g/mol. The number of fused-ring (bicyclic) bond motifs is 5. The van der Waals surface area contributed by atoms with Gasteiger partial charge < -0.3 is 39.6 Å². The third-order valence-electron chi connectivity index (χ3n) is 14.2. The average molecular weight is 959 g/mol. The van der Waals surface area contributed by atoms with Crippen molar-refractivity contribution in [1.82, 2.24) is 15.1 Å². The summed E-state index contributed by atoms with van der Waals surface area (Å²) in [6.45, 7) is 9.04. The Balaban J connectivity index is 1.15. The van der Waals surface area contributed by atoms with Crippen LogP contribution in [0.5, 0.6) is 5.75 Å². The number of primary amides is 1. The number of carbonyl (C=O) groups excluding carboxylic acids is 7. The van der Waals surface area contributed by atoms with Crippen molar-refractivity contribution in [2.45, 2.75) is 133 Å². The molecule has 0 spiro atoms. The minimum Gasteiger partial charge on any atom is -0.495 e. The molecule has 1 aromatic carbocycles. The monoisotopic (exact) mass is 957 g/mol. The van der Waals surface area contributed by atoms with Gasteiger partial charge in [-0.2, -0.15) is 0 Å². The summed E-state index contributed by atoms with van der Waals surface area (Å²) in [5.41, 5.74) is 4.65. The van der Waals surface area contributed by atoms with E-state index < -0.39 is 76.6 Å². The molecule has 4 aliphatic heterocycles. The number of halogens is 1. The molecule has 19 heteroatoms. The lowest BCUT2D eigenvalue weighted by Crippen LogP contribution is -2.60. The minimum absolute atomic E-state index is 0.0203. The van der Waals surface area contributed by atoms with Gasteiger partial charge in [-0.25, -0.2) is 9.59 Å². The number of nitrogens with two attached hydrogens (primary N) is 1. The molecule has 17 nitrogen and oxygen atoms in total. The Morgan fingerprint density at radius 2 is 1.80 bits per heavy atom. The van der Waals surface area contributed by atoms with Gasteiger partial charge in [0, 0.05) is 63.4 Å². The van der Waals surface area contributed by atoms with Crippen molar-refractivity contribution >= 4 is 70.6 Å². The Bertz CT molecular complexity index is 2150. The number of nitrogens with one attached hydrogen (secondary N) is 1. The molecule has 3 saturated heterocycles. The quantitative estimate of drug-likeness (QED) is 0.156. The first-order valence-corrected chi connectivity index (χ1v) is 24.1. The van der Waals surface area contributed by atoms with E-state index in [2.05, 4.69) is 5.32 Å². The van der Waals surface area contributed by atoms with Crippen LogP contribution in [0.3, 0.4) is 0 Å². The van der Waals surface area contributed by atoms with Crippen molar-refractivity contribution in [3.8, 4) is 5.75 Å². The van der Waals surface area contributed by atoms with Gasteiger partial charge in [-0.15, -0.1) is 11.8 Å². The number of ether oxygens (including phenoxy) is 4. The predicted molar refractivity (Wildman–Crippen MR) is 246 cm³/mol. The standard InChI is InChI=1S/C47H64ClN5O12S/c1-25-10-9-11-26(2)47(61)23-34(63-45(60)50-47)27(3)41-46(5,65-41)36(22-38(55)52(7)32-19-30(18-25)20-33(62-8)40(32)48)64-44(59)28(4)51(6)37(54)16-17-66-35-21-39(56)53(43(35)58)24-29-12-14-31(15-13-29)42(49)57/h9-11,19-20,26-29,31,34-36,41,61H,12-18,21-24H2,1-8H3,(H2,49,57)(H,50,60)/b11-9+,25-10+/t26-,27-,28+,29?,31?,34+,35?,36+,41+,46+,47+/m1/s1. The molecule has 1 saturated carbocycles. The van der Waals surface area contributed by atoms with E-state index in [0.717, 1.165) is 11.1 Å². The number of thioether (sulfide) groups is 1. The summed E-state index contributed by atoms with van der Waals surface area (Å²) < 4.78 is 23.7. The van der Waals surface area contributed by atoms with Crippen molar-refractivity contribution in [1.29, 1.82) is 0 Å². The molecule has 1 unspecified atom stereocenters. The van der Waals surface area contributed by atoms with Gasteiger partial charge in [0.2, 0.25) is 29.5 Å². The van der Waals surface area contributed by atoms with E-state index in [1.54, 1.807) is 46.0 Å². The van der Waals surface area contributed by atoms with Crippen LogP contribution >= 0.6 is 23.4 Å². The zero-order chi connectivity index (χ0) is 48.4. The van der Waals surface area contributed by atoms with Crippen molar-refractivity contribution in [2.24, 2.45) is 29.4 Å². The second-order valence-electron chi connectivity index (χ2n) is 18.8. The zero-order valence-corrected chi connectivity index (χ0v) is 40.6. The number of likely N-dealkylation sites (tertiary alicyclic amines) is 1. The van der Waals surface area contributed by atoms with Gasteiger partial charge in [0.05, 0.1) is 30.6 Å². The van der Waals surface area contributed by atoms with Gasteiger partial charge in [0.25, 0.3) is 0 Å². The number of hydrogen-bond acceptors (Lipinski definition) is 13. The molecule has 4 bridgehead atoms. The number of allylic oxidation sites excluding steroid dienone is 3. The summed E-state index contributed by atoms with van der Waals surface area (Å²) in [6.07, 6.45) is 4.83. The van der Waals surface area contributed by atoms with Crippen LogP contribution in [0, 0.1) is 23.7 Å². The summed E-state index contributed by atoms with van der Waals surface area (Å²) in [4.78, 5) is 96.4. The molecule has 362 valence electrons. The number of nitrogens with zero attached hydrogens (tertiary/aromatic N) is 3. The van der Waals surface area contributed by atoms with E-state index in [9.17, 15) is 38.7 Å². The maximum absolute atomic E-state index is 14.3. The second kappa shape index (κ2) is 20.7. The Labute approximate surface area is 395 Å². The Morgan fingerprint density at radius 3 is 2.47 bits per heavy atom. The van der Waals surface area contributed by atoms with Gasteiger partial charge in [-0.05, 0) is 76.5 Å². The number of anilines is 1. The van der Waals surface area contributed by atoms with Crippen LogP contribution in [0.4, 0.5) is 10.5 Å². The Morgan fingerprint density at radius 1 is 1.11 bits per heavy atom. The molecule has 0 radical (unpaired) electrons. The van der Waals surface area contributed by atoms with E-state index in [-0.39, 0.29) is 66.0 Å². The van der Waals surface area contributed by atoms with Crippen molar-refractivity contribution in [3.63, 3.8) is 0 Å². The van der Waals surface area contributed by atoms with Crippen molar-refractivity contribution < 1.29 is 57.6 Å². The number of rotatable bonds is 11.